The molecule has 0 saturated carbocycles. The van der Waals surface area contributed by atoms with E-state index in [-0.39, 0.29) is 37.5 Å². The average molecular weight is 933 g/mol. The van der Waals surface area contributed by atoms with E-state index in [4.69, 9.17) is 14.2 Å². The topological polar surface area (TPSA) is 78.9 Å². The summed E-state index contributed by atoms with van der Waals surface area (Å²) in [5, 5.41) is 0. The van der Waals surface area contributed by atoms with Gasteiger partial charge in [-0.05, 0) is 103 Å². The molecule has 0 heterocycles. The van der Waals surface area contributed by atoms with Gasteiger partial charge in [0.2, 0.25) is 0 Å². The molecule has 0 fully saturated rings. The molecule has 0 rings (SSSR count). The number of allylic oxidation sites excluding steroid dienone is 14. The van der Waals surface area contributed by atoms with Crippen LogP contribution >= 0.6 is 0 Å². The number of carbonyl (C=O) groups is 3. The van der Waals surface area contributed by atoms with Gasteiger partial charge in [0, 0.05) is 19.3 Å². The maximum atomic E-state index is 12.8. The Morgan fingerprint density at radius 2 is 0.537 bits per heavy atom. The summed E-state index contributed by atoms with van der Waals surface area (Å²) in [7, 11) is 0. The second-order valence-electron chi connectivity index (χ2n) is 18.5. The fourth-order valence-corrected chi connectivity index (χ4v) is 7.61. The first-order valence-corrected chi connectivity index (χ1v) is 28.1. The van der Waals surface area contributed by atoms with Crippen molar-refractivity contribution < 1.29 is 28.6 Å². The Kier molecular flexibility index (Phi) is 52.4. The lowest BCUT2D eigenvalue weighted by Crippen LogP contribution is -2.30. The lowest BCUT2D eigenvalue weighted by molar-refractivity contribution is -0.167. The summed E-state index contributed by atoms with van der Waals surface area (Å²) < 4.78 is 16.8. The van der Waals surface area contributed by atoms with Crippen LogP contribution in [0.5, 0.6) is 0 Å². The quantitative estimate of drug-likeness (QED) is 0.0262. The Morgan fingerprint density at radius 1 is 0.299 bits per heavy atom. The molecule has 0 aliphatic heterocycles. The van der Waals surface area contributed by atoms with Gasteiger partial charge < -0.3 is 14.2 Å². The number of ether oxygens (including phenoxy) is 3. The number of hydrogen-bond donors (Lipinski definition) is 0. The van der Waals surface area contributed by atoms with Crippen molar-refractivity contribution in [2.75, 3.05) is 13.2 Å². The number of carbonyl (C=O) groups excluding carboxylic acids is 3. The van der Waals surface area contributed by atoms with Gasteiger partial charge in [-0.15, -0.1) is 0 Å². The number of hydrogen-bond acceptors (Lipinski definition) is 6. The van der Waals surface area contributed by atoms with E-state index in [1.54, 1.807) is 0 Å². The van der Waals surface area contributed by atoms with Crippen LogP contribution in [0.4, 0.5) is 0 Å². The van der Waals surface area contributed by atoms with Crippen molar-refractivity contribution in [3.05, 3.63) is 85.1 Å². The van der Waals surface area contributed by atoms with Gasteiger partial charge in [0.05, 0.1) is 0 Å². The van der Waals surface area contributed by atoms with Gasteiger partial charge in [0.25, 0.3) is 0 Å². The van der Waals surface area contributed by atoms with Gasteiger partial charge in [0.15, 0.2) is 6.10 Å². The summed E-state index contributed by atoms with van der Waals surface area (Å²) in [5.41, 5.74) is 0. The van der Waals surface area contributed by atoms with Crippen molar-refractivity contribution in [2.45, 2.75) is 271 Å². The molecule has 1 atom stereocenters. The Bertz CT molecular complexity index is 1300. The van der Waals surface area contributed by atoms with Gasteiger partial charge in [-0.1, -0.05) is 228 Å². The first kappa shape index (κ1) is 63.6. The van der Waals surface area contributed by atoms with Crippen LogP contribution < -0.4 is 0 Å². The van der Waals surface area contributed by atoms with Crippen LogP contribution in [0.1, 0.15) is 265 Å². The van der Waals surface area contributed by atoms with E-state index in [9.17, 15) is 14.4 Å². The van der Waals surface area contributed by atoms with Crippen molar-refractivity contribution in [2.24, 2.45) is 0 Å². The second-order valence-corrected chi connectivity index (χ2v) is 18.5. The fourth-order valence-electron chi connectivity index (χ4n) is 7.61. The molecule has 6 heteroatoms. The molecular weight excluding hydrogens is 829 g/mol. The summed E-state index contributed by atoms with van der Waals surface area (Å²) in [6.45, 7) is 6.54. The first-order valence-electron chi connectivity index (χ1n) is 28.1. The van der Waals surface area contributed by atoms with Crippen molar-refractivity contribution in [3.63, 3.8) is 0 Å². The third kappa shape index (κ3) is 53.4. The normalized spacial score (nSPS) is 12.7. The summed E-state index contributed by atoms with van der Waals surface area (Å²) in [5.74, 6) is -0.945. The molecule has 0 aromatic rings. The highest BCUT2D eigenvalue weighted by molar-refractivity contribution is 5.71. The number of esters is 3. The van der Waals surface area contributed by atoms with E-state index in [0.717, 1.165) is 109 Å². The summed E-state index contributed by atoms with van der Waals surface area (Å²) >= 11 is 0. The van der Waals surface area contributed by atoms with E-state index < -0.39 is 6.10 Å². The zero-order valence-corrected chi connectivity index (χ0v) is 43.9. The van der Waals surface area contributed by atoms with E-state index in [2.05, 4.69) is 106 Å². The molecule has 0 aliphatic carbocycles. The number of rotatable bonds is 50. The average Bonchev–Trinajstić information content (AvgIpc) is 3.33. The molecule has 0 spiro atoms. The highest BCUT2D eigenvalue weighted by Gasteiger charge is 2.19. The van der Waals surface area contributed by atoms with Gasteiger partial charge in [-0.2, -0.15) is 0 Å². The molecule has 0 aromatic carbocycles. The molecule has 384 valence electrons. The molecule has 0 aliphatic rings. The van der Waals surface area contributed by atoms with Crippen molar-refractivity contribution in [3.8, 4) is 0 Å². The third-order valence-electron chi connectivity index (χ3n) is 11.9. The predicted molar refractivity (Wildman–Crippen MR) is 288 cm³/mol. The minimum atomic E-state index is -0.802. The molecule has 0 radical (unpaired) electrons. The minimum Gasteiger partial charge on any atom is -0.462 e. The van der Waals surface area contributed by atoms with Crippen molar-refractivity contribution >= 4 is 17.9 Å². The van der Waals surface area contributed by atoms with Crippen LogP contribution in [-0.2, 0) is 28.6 Å². The number of unbranched alkanes of at least 4 members (excludes halogenated alkanes) is 25. The molecule has 0 bridgehead atoms. The highest BCUT2D eigenvalue weighted by Crippen LogP contribution is 2.15. The van der Waals surface area contributed by atoms with Crippen molar-refractivity contribution in [1.29, 1.82) is 0 Å². The lowest BCUT2D eigenvalue weighted by Gasteiger charge is -2.18. The molecule has 6 nitrogen and oxygen atoms in total. The Morgan fingerprint density at radius 3 is 0.881 bits per heavy atom. The smallest absolute Gasteiger partial charge is 0.306 e. The third-order valence-corrected chi connectivity index (χ3v) is 11.9. The van der Waals surface area contributed by atoms with Crippen LogP contribution in [0.2, 0.25) is 0 Å². The zero-order chi connectivity index (χ0) is 48.6. The van der Waals surface area contributed by atoms with E-state index in [1.165, 1.54) is 116 Å². The Balaban J connectivity index is 4.48. The van der Waals surface area contributed by atoms with E-state index >= 15 is 0 Å². The van der Waals surface area contributed by atoms with Crippen LogP contribution in [0.15, 0.2) is 85.1 Å². The van der Waals surface area contributed by atoms with Gasteiger partial charge in [-0.3, -0.25) is 14.4 Å². The van der Waals surface area contributed by atoms with Crippen molar-refractivity contribution in [1.82, 2.24) is 0 Å². The molecule has 67 heavy (non-hydrogen) atoms. The monoisotopic (exact) mass is 933 g/mol. The standard InChI is InChI=1S/C61H104O6/c1-4-7-10-13-16-19-22-25-27-29-30-32-34-37-40-43-46-49-52-55-61(64)67-58(56-65-59(62)53-50-47-44-41-38-35-24-21-18-15-12-9-6-3)57-66-60(63)54-51-48-45-42-39-36-33-31-28-26-23-20-17-14-11-8-5-2/h16-17,19-20,25-28,30,32-33,36-37,40,58H,4-15,18,21-24,29,31,34-35,38-39,41-57H2,1-3H3/b19-16-,20-17-,27-25-,28-26-,32-30-,36-33-,40-37-/t58-/m0/s1. The van der Waals surface area contributed by atoms with Crippen LogP contribution in [0, 0.1) is 0 Å². The second kappa shape index (κ2) is 55.2. The summed E-state index contributed by atoms with van der Waals surface area (Å²) in [6.07, 6.45) is 71.3. The minimum absolute atomic E-state index is 0.0954. The van der Waals surface area contributed by atoms with E-state index in [1.807, 2.05) is 0 Å². The Labute approximate surface area is 414 Å². The SMILES string of the molecule is CCCCC/C=C\C/C=C\C/C=C\C/C=C\CCCCCC(=O)O[C@H](COC(=O)CCCCCC/C=C\C/C=C\C/C=C\CCCCC)COC(=O)CCCCCCCCCCCCCCC. The zero-order valence-electron chi connectivity index (χ0n) is 43.9. The highest BCUT2D eigenvalue weighted by atomic mass is 16.6. The summed E-state index contributed by atoms with van der Waals surface area (Å²) in [4.78, 5) is 38.1. The summed E-state index contributed by atoms with van der Waals surface area (Å²) in [6, 6.07) is 0. The van der Waals surface area contributed by atoms with Crippen LogP contribution in [-0.4, -0.2) is 37.2 Å². The first-order chi connectivity index (χ1) is 33.0. The van der Waals surface area contributed by atoms with Crippen LogP contribution in [0.25, 0.3) is 0 Å². The van der Waals surface area contributed by atoms with E-state index in [0.29, 0.717) is 12.8 Å². The Hall–Kier alpha value is -3.41. The molecule has 0 saturated heterocycles. The predicted octanol–water partition coefficient (Wildman–Crippen LogP) is 18.8. The maximum Gasteiger partial charge on any atom is 0.306 e. The van der Waals surface area contributed by atoms with Crippen LogP contribution in [0.3, 0.4) is 0 Å². The molecule has 0 unspecified atom stereocenters. The molecular formula is C61H104O6. The lowest BCUT2D eigenvalue weighted by atomic mass is 10.0. The largest absolute Gasteiger partial charge is 0.462 e. The molecule has 0 aromatic heterocycles. The van der Waals surface area contributed by atoms with Gasteiger partial charge in [0.1, 0.15) is 13.2 Å². The molecule has 0 amide bonds. The van der Waals surface area contributed by atoms with Gasteiger partial charge >= 0.3 is 17.9 Å². The van der Waals surface area contributed by atoms with Gasteiger partial charge in [-0.25, -0.2) is 0 Å². The fraction of sp³-hybridized carbons (Fsp3) is 0.721. The molecule has 0 N–H and O–H groups in total. The maximum absolute atomic E-state index is 12.8.